The van der Waals surface area contributed by atoms with Gasteiger partial charge in [-0.15, -0.1) is 0 Å². The first-order valence-electron chi connectivity index (χ1n) is 13.1. The number of rotatable bonds is 0. The van der Waals surface area contributed by atoms with Crippen molar-refractivity contribution >= 4 is 23.5 Å². The van der Waals surface area contributed by atoms with Crippen LogP contribution >= 0.6 is 0 Å². The Morgan fingerprint density at radius 3 is 2.14 bits per heavy atom. The normalized spacial score (nSPS) is 45.3. The number of esters is 2. The highest BCUT2D eigenvalue weighted by molar-refractivity contribution is 6.17. The summed E-state index contributed by atoms with van der Waals surface area (Å²) in [5, 5.41) is 0. The van der Waals surface area contributed by atoms with Gasteiger partial charge in [0.1, 0.15) is 18.0 Å². The molecular weight excluding hydrogens is 456 g/mol. The third kappa shape index (κ3) is 2.43. The van der Waals surface area contributed by atoms with E-state index in [4.69, 9.17) is 9.47 Å². The van der Waals surface area contributed by atoms with Gasteiger partial charge >= 0.3 is 11.9 Å². The highest BCUT2D eigenvalue weighted by Crippen LogP contribution is 2.67. The van der Waals surface area contributed by atoms with E-state index in [1.165, 1.54) is 0 Å². The zero-order chi connectivity index (χ0) is 25.3. The molecule has 2 heterocycles. The summed E-state index contributed by atoms with van der Waals surface area (Å²) in [6, 6.07) is 0. The molecule has 6 nitrogen and oxygen atoms in total. The number of fused-ring (bicyclic) bond motifs is 7. The molecule has 0 N–H and O–H groups in total. The van der Waals surface area contributed by atoms with Crippen molar-refractivity contribution < 1.29 is 28.7 Å². The summed E-state index contributed by atoms with van der Waals surface area (Å²) in [6.07, 6.45) is 3.64. The van der Waals surface area contributed by atoms with Gasteiger partial charge in [-0.05, 0) is 55.9 Å². The Balaban J connectivity index is 1.44. The summed E-state index contributed by atoms with van der Waals surface area (Å²) in [7, 11) is 0. The second-order valence-electron chi connectivity index (χ2n) is 11.9. The van der Waals surface area contributed by atoms with Crippen molar-refractivity contribution in [3.63, 3.8) is 0 Å². The second-order valence-corrected chi connectivity index (χ2v) is 11.9. The van der Waals surface area contributed by atoms with Crippen LogP contribution in [0.3, 0.4) is 0 Å². The molecule has 1 unspecified atom stereocenters. The molecule has 0 radical (unpaired) electrons. The molecule has 3 saturated carbocycles. The Labute approximate surface area is 210 Å². The van der Waals surface area contributed by atoms with Gasteiger partial charge in [0.15, 0.2) is 5.78 Å². The van der Waals surface area contributed by atoms with Gasteiger partial charge in [0.25, 0.3) is 0 Å². The lowest BCUT2D eigenvalue weighted by Crippen LogP contribution is -2.47. The number of ketones is 2. The molecule has 2 saturated heterocycles. The number of carbonyl (C=O) groups is 4. The third-order valence-electron chi connectivity index (χ3n) is 10.7. The first-order chi connectivity index (χ1) is 17.2. The average molecular weight is 487 g/mol. The number of ether oxygens (including phenoxy) is 2. The minimum absolute atomic E-state index is 0.0456. The minimum Gasteiger partial charge on any atom is -0.458 e. The maximum atomic E-state index is 14.1. The third-order valence-corrected chi connectivity index (χ3v) is 10.7. The van der Waals surface area contributed by atoms with Crippen LogP contribution in [-0.4, -0.2) is 35.7 Å². The van der Waals surface area contributed by atoms with E-state index in [1.54, 1.807) is 0 Å². The molecule has 5 aliphatic carbocycles. The van der Waals surface area contributed by atoms with Crippen molar-refractivity contribution in [2.24, 2.45) is 40.9 Å². The Hall–Kier alpha value is -3.02. The standard InChI is InChI=1S/C30H30O6/c1-12-5-7-18-14(3)29(34)36-27(18)23-19(12)11-20(31)30(23)10-9-16-6-8-17-13(2)28(33)35-26(17)21-15(4)25(32)24(30)22(16)21/h16-19,21,23,26-27H,1-11H2/t16?,17-,18-,19-,21-,23-,26-,27-,30+/m0/s1. The van der Waals surface area contributed by atoms with Gasteiger partial charge in [-0.3, -0.25) is 9.59 Å². The van der Waals surface area contributed by atoms with E-state index in [9.17, 15) is 19.2 Å². The second kappa shape index (κ2) is 7.05. The van der Waals surface area contributed by atoms with Crippen molar-refractivity contribution in [1.29, 1.82) is 0 Å². The summed E-state index contributed by atoms with van der Waals surface area (Å²) in [6.45, 7) is 16.5. The van der Waals surface area contributed by atoms with Crippen LogP contribution in [0.2, 0.25) is 0 Å². The fourth-order valence-electron chi connectivity index (χ4n) is 9.08. The quantitative estimate of drug-likeness (QED) is 0.293. The lowest BCUT2D eigenvalue weighted by atomic mass is 9.57. The molecule has 7 aliphatic rings. The Morgan fingerprint density at radius 2 is 1.42 bits per heavy atom. The first-order valence-corrected chi connectivity index (χ1v) is 13.1. The highest BCUT2D eigenvalue weighted by Gasteiger charge is 2.69. The predicted molar refractivity (Wildman–Crippen MR) is 129 cm³/mol. The van der Waals surface area contributed by atoms with Gasteiger partial charge < -0.3 is 9.47 Å². The summed E-state index contributed by atoms with van der Waals surface area (Å²) < 4.78 is 11.8. The van der Waals surface area contributed by atoms with Gasteiger partial charge in [-0.25, -0.2) is 9.59 Å². The molecule has 9 atom stereocenters. The summed E-state index contributed by atoms with van der Waals surface area (Å²) >= 11 is 0. The Kier molecular flexibility index (Phi) is 4.35. The fourth-order valence-corrected chi connectivity index (χ4v) is 9.08. The van der Waals surface area contributed by atoms with Crippen molar-refractivity contribution in [2.75, 3.05) is 0 Å². The summed E-state index contributed by atoms with van der Waals surface area (Å²) in [4.78, 5) is 53.3. The van der Waals surface area contributed by atoms with E-state index in [1.807, 2.05) is 0 Å². The van der Waals surface area contributed by atoms with E-state index in [-0.39, 0.29) is 41.2 Å². The van der Waals surface area contributed by atoms with Crippen LogP contribution in [0.15, 0.2) is 59.8 Å². The molecule has 0 aromatic carbocycles. The van der Waals surface area contributed by atoms with E-state index in [0.29, 0.717) is 48.0 Å². The number of hydrogen-bond donors (Lipinski definition) is 0. The lowest BCUT2D eigenvalue weighted by Gasteiger charge is -2.44. The van der Waals surface area contributed by atoms with E-state index in [0.717, 1.165) is 30.4 Å². The molecule has 36 heavy (non-hydrogen) atoms. The molecule has 5 fully saturated rings. The maximum Gasteiger partial charge on any atom is 0.334 e. The zero-order valence-corrected chi connectivity index (χ0v) is 20.3. The molecule has 2 aliphatic heterocycles. The highest BCUT2D eigenvalue weighted by atomic mass is 16.6. The van der Waals surface area contributed by atoms with Crippen molar-refractivity contribution in [3.8, 4) is 0 Å². The lowest BCUT2D eigenvalue weighted by molar-refractivity contribution is -0.146. The topological polar surface area (TPSA) is 86.7 Å². The predicted octanol–water partition coefficient (Wildman–Crippen LogP) is 3.98. The van der Waals surface area contributed by atoms with E-state index < -0.39 is 35.5 Å². The zero-order valence-electron chi connectivity index (χ0n) is 20.3. The van der Waals surface area contributed by atoms with E-state index >= 15 is 0 Å². The van der Waals surface area contributed by atoms with Crippen LogP contribution in [0.25, 0.3) is 0 Å². The molecule has 7 rings (SSSR count). The van der Waals surface area contributed by atoms with Gasteiger partial charge in [-0.2, -0.15) is 0 Å². The van der Waals surface area contributed by atoms with Gasteiger partial charge in [0, 0.05) is 52.4 Å². The van der Waals surface area contributed by atoms with E-state index in [2.05, 4.69) is 26.3 Å². The van der Waals surface area contributed by atoms with Gasteiger partial charge in [-0.1, -0.05) is 31.9 Å². The molecule has 6 heteroatoms. The van der Waals surface area contributed by atoms with Crippen molar-refractivity contribution in [3.05, 3.63) is 59.8 Å². The smallest absolute Gasteiger partial charge is 0.334 e. The molecule has 0 amide bonds. The largest absolute Gasteiger partial charge is 0.458 e. The first kappa shape index (κ1) is 22.2. The van der Waals surface area contributed by atoms with Crippen LogP contribution in [-0.2, 0) is 28.7 Å². The molecule has 0 aromatic heterocycles. The number of carbonyl (C=O) groups excluding carboxylic acids is 4. The Morgan fingerprint density at radius 1 is 0.750 bits per heavy atom. The summed E-state index contributed by atoms with van der Waals surface area (Å²) in [5.41, 5.74) is 2.84. The molecule has 0 aromatic rings. The van der Waals surface area contributed by atoms with Crippen LogP contribution in [0, 0.1) is 40.9 Å². The van der Waals surface area contributed by atoms with Crippen molar-refractivity contribution in [2.45, 2.75) is 57.2 Å². The Bertz CT molecular complexity index is 1280. The number of allylic oxidation sites excluding steroid dienone is 2. The molecular formula is C30H30O6. The monoisotopic (exact) mass is 486 g/mol. The van der Waals surface area contributed by atoms with Gasteiger partial charge in [0.2, 0.25) is 0 Å². The summed E-state index contributed by atoms with van der Waals surface area (Å²) in [5.74, 6) is -2.02. The number of hydrogen-bond acceptors (Lipinski definition) is 6. The molecule has 0 bridgehead atoms. The minimum atomic E-state index is -1.04. The average Bonchev–Trinajstić information content (AvgIpc) is 3.41. The van der Waals surface area contributed by atoms with Gasteiger partial charge in [0.05, 0.1) is 5.41 Å². The number of Topliss-reactive ketones (excluding diaryl/α,β-unsaturated/α-hetero) is 2. The van der Waals surface area contributed by atoms with Crippen LogP contribution < -0.4 is 0 Å². The fraction of sp³-hybridized carbons (Fsp3) is 0.533. The van der Waals surface area contributed by atoms with Crippen LogP contribution in [0.1, 0.15) is 44.9 Å². The van der Waals surface area contributed by atoms with Crippen molar-refractivity contribution in [1.82, 2.24) is 0 Å². The van der Waals surface area contributed by atoms with Crippen LogP contribution in [0.5, 0.6) is 0 Å². The maximum absolute atomic E-state index is 14.1. The molecule has 1 spiro atoms. The SMILES string of the molecule is C=C1C(=O)C2=C3C(CC[C@H]4C(=C)C(=O)O[C@@H]4[C@@H]13)CC[C@]21C(=O)C[C@H]2C(=C)CC[C@H]3C(=C)C(=O)O[C@@H]3[C@H]21. The molecule has 186 valence electrons. The van der Waals surface area contributed by atoms with Crippen LogP contribution in [0.4, 0.5) is 0 Å².